The molecule has 0 unspecified atom stereocenters. The molecule has 0 aliphatic heterocycles. The van der Waals surface area contributed by atoms with Gasteiger partial charge >= 0.3 is 0 Å². The van der Waals surface area contributed by atoms with Crippen molar-refractivity contribution in [1.29, 1.82) is 0 Å². The topological polar surface area (TPSA) is 80.5 Å². The predicted molar refractivity (Wildman–Crippen MR) is 66.3 cm³/mol. The van der Waals surface area contributed by atoms with Gasteiger partial charge in [-0.1, -0.05) is 19.8 Å². The van der Waals surface area contributed by atoms with Crippen molar-refractivity contribution in [1.82, 2.24) is 19.9 Å². The van der Waals surface area contributed by atoms with Crippen molar-refractivity contribution in [3.63, 3.8) is 0 Å². The average Bonchev–Trinajstić information content (AvgIpc) is 2.72. The van der Waals surface area contributed by atoms with Crippen LogP contribution in [0.15, 0.2) is 11.4 Å². The van der Waals surface area contributed by atoms with Gasteiger partial charge in [0.05, 0.1) is 6.33 Å². The summed E-state index contributed by atoms with van der Waals surface area (Å²) in [5.74, 6) is 1.34. The number of H-pyrrole nitrogens is 1. The van der Waals surface area contributed by atoms with Crippen molar-refractivity contribution in [2.75, 3.05) is 11.5 Å². The Labute approximate surface area is 98.3 Å². The van der Waals surface area contributed by atoms with Gasteiger partial charge in [-0.05, 0) is 12.2 Å². The van der Waals surface area contributed by atoms with E-state index in [1.165, 1.54) is 19.3 Å². The van der Waals surface area contributed by atoms with E-state index in [2.05, 4.69) is 26.9 Å². The van der Waals surface area contributed by atoms with E-state index in [-0.39, 0.29) is 5.95 Å². The molecule has 0 saturated carbocycles. The summed E-state index contributed by atoms with van der Waals surface area (Å²) in [7, 11) is 0. The first-order valence-electron chi connectivity index (χ1n) is 5.40. The van der Waals surface area contributed by atoms with Crippen LogP contribution in [-0.4, -0.2) is 25.7 Å². The molecule has 0 aliphatic rings. The van der Waals surface area contributed by atoms with Gasteiger partial charge in [0.1, 0.15) is 10.5 Å². The molecule has 0 aliphatic carbocycles. The summed E-state index contributed by atoms with van der Waals surface area (Å²) in [6, 6.07) is 0. The molecule has 0 aromatic carbocycles. The Kier molecular flexibility index (Phi) is 3.61. The Balaban J connectivity index is 2.12. The summed E-state index contributed by atoms with van der Waals surface area (Å²) < 4.78 is 0. The molecule has 0 amide bonds. The fraction of sp³-hybridized carbons (Fsp3) is 0.500. The van der Waals surface area contributed by atoms with Crippen LogP contribution in [0.2, 0.25) is 0 Å². The third-order valence-electron chi connectivity index (χ3n) is 2.26. The van der Waals surface area contributed by atoms with Crippen LogP contribution in [0.3, 0.4) is 0 Å². The van der Waals surface area contributed by atoms with Crippen LogP contribution in [0.1, 0.15) is 26.2 Å². The Morgan fingerprint density at radius 1 is 1.38 bits per heavy atom. The summed E-state index contributed by atoms with van der Waals surface area (Å²) in [6.45, 7) is 2.19. The van der Waals surface area contributed by atoms with E-state index < -0.39 is 0 Å². The number of thioether (sulfide) groups is 1. The molecule has 0 atom stereocenters. The third kappa shape index (κ3) is 2.44. The Morgan fingerprint density at radius 2 is 2.25 bits per heavy atom. The zero-order chi connectivity index (χ0) is 11.4. The fourth-order valence-electron chi connectivity index (χ4n) is 1.45. The lowest BCUT2D eigenvalue weighted by Gasteiger charge is -2.02. The summed E-state index contributed by atoms with van der Waals surface area (Å²) >= 11 is 1.71. The third-order valence-corrected chi connectivity index (χ3v) is 3.32. The standard InChI is InChI=1S/C10H15N5S/c1-2-3-4-5-16-9-7-8(13-6-12-7)14-10(11)15-9/h6H,2-5H2,1H3,(H3,11,12,13,14,15). The van der Waals surface area contributed by atoms with Crippen molar-refractivity contribution in [2.45, 2.75) is 31.2 Å². The highest BCUT2D eigenvalue weighted by Gasteiger charge is 2.08. The van der Waals surface area contributed by atoms with Crippen LogP contribution < -0.4 is 5.73 Å². The highest BCUT2D eigenvalue weighted by Crippen LogP contribution is 2.24. The molecule has 0 spiro atoms. The summed E-state index contributed by atoms with van der Waals surface area (Å²) in [6.07, 6.45) is 5.29. The normalized spacial score (nSPS) is 11.1. The number of fused-ring (bicyclic) bond motifs is 1. The lowest BCUT2D eigenvalue weighted by molar-refractivity contribution is 0.778. The van der Waals surface area contributed by atoms with E-state index in [0.29, 0.717) is 5.65 Å². The number of hydrogen-bond acceptors (Lipinski definition) is 5. The first-order valence-corrected chi connectivity index (χ1v) is 6.39. The molecule has 0 bridgehead atoms. The second kappa shape index (κ2) is 5.16. The summed E-state index contributed by atoms with van der Waals surface area (Å²) in [4.78, 5) is 15.4. The largest absolute Gasteiger partial charge is 0.368 e. The molecular formula is C10H15N5S. The minimum atomic E-state index is 0.289. The number of nitrogens with two attached hydrogens (primary N) is 1. The van der Waals surface area contributed by atoms with E-state index in [1.54, 1.807) is 18.1 Å². The smallest absolute Gasteiger partial charge is 0.223 e. The molecule has 0 saturated heterocycles. The average molecular weight is 237 g/mol. The van der Waals surface area contributed by atoms with Crippen LogP contribution in [0.5, 0.6) is 0 Å². The van der Waals surface area contributed by atoms with E-state index >= 15 is 0 Å². The highest BCUT2D eigenvalue weighted by atomic mass is 32.2. The van der Waals surface area contributed by atoms with Gasteiger partial charge in [0, 0.05) is 0 Å². The van der Waals surface area contributed by atoms with Gasteiger partial charge in [-0.25, -0.2) is 9.97 Å². The molecule has 2 aromatic heterocycles. The van der Waals surface area contributed by atoms with Crippen molar-refractivity contribution >= 4 is 28.9 Å². The molecule has 0 radical (unpaired) electrons. The molecule has 86 valence electrons. The van der Waals surface area contributed by atoms with Gasteiger partial charge in [0.15, 0.2) is 5.65 Å². The molecular weight excluding hydrogens is 222 g/mol. The quantitative estimate of drug-likeness (QED) is 0.473. The first kappa shape index (κ1) is 11.2. The zero-order valence-corrected chi connectivity index (χ0v) is 10.0. The van der Waals surface area contributed by atoms with Gasteiger partial charge in [0.25, 0.3) is 0 Å². The Morgan fingerprint density at radius 3 is 3.06 bits per heavy atom. The minimum Gasteiger partial charge on any atom is -0.368 e. The van der Waals surface area contributed by atoms with Crippen molar-refractivity contribution < 1.29 is 0 Å². The number of imidazole rings is 1. The van der Waals surface area contributed by atoms with Gasteiger partial charge in [-0.3, -0.25) is 0 Å². The molecule has 2 rings (SSSR count). The number of unbranched alkanes of at least 4 members (excludes halogenated alkanes) is 2. The number of aromatic nitrogens is 4. The van der Waals surface area contributed by atoms with Crippen molar-refractivity contribution in [3.8, 4) is 0 Å². The van der Waals surface area contributed by atoms with Crippen LogP contribution in [0, 0.1) is 0 Å². The lowest BCUT2D eigenvalue weighted by Crippen LogP contribution is -1.97. The maximum Gasteiger partial charge on any atom is 0.223 e. The highest BCUT2D eigenvalue weighted by molar-refractivity contribution is 7.99. The molecule has 2 heterocycles. The number of nitrogens with one attached hydrogen (secondary N) is 1. The molecule has 5 nitrogen and oxygen atoms in total. The van der Waals surface area contributed by atoms with Crippen LogP contribution >= 0.6 is 11.8 Å². The van der Waals surface area contributed by atoms with Crippen molar-refractivity contribution in [3.05, 3.63) is 6.33 Å². The minimum absolute atomic E-state index is 0.289. The second-order valence-corrected chi connectivity index (χ2v) is 4.63. The monoisotopic (exact) mass is 237 g/mol. The van der Waals surface area contributed by atoms with Crippen LogP contribution in [-0.2, 0) is 0 Å². The molecule has 2 aromatic rings. The van der Waals surface area contributed by atoms with E-state index in [9.17, 15) is 0 Å². The molecule has 3 N–H and O–H groups in total. The van der Waals surface area contributed by atoms with E-state index in [4.69, 9.17) is 5.73 Å². The number of anilines is 1. The molecule has 6 heteroatoms. The zero-order valence-electron chi connectivity index (χ0n) is 9.23. The van der Waals surface area contributed by atoms with Crippen LogP contribution in [0.25, 0.3) is 11.2 Å². The SMILES string of the molecule is CCCCCSc1nc(N)nc2nc[nH]c12. The maximum atomic E-state index is 5.62. The summed E-state index contributed by atoms with van der Waals surface area (Å²) in [5.41, 5.74) is 7.15. The number of nitrogen functional groups attached to an aromatic ring is 1. The van der Waals surface area contributed by atoms with Crippen LogP contribution in [0.4, 0.5) is 5.95 Å². The number of nitrogens with zero attached hydrogens (tertiary/aromatic N) is 3. The fourth-order valence-corrected chi connectivity index (χ4v) is 2.44. The van der Waals surface area contributed by atoms with Gasteiger partial charge in [-0.2, -0.15) is 4.98 Å². The first-order chi connectivity index (χ1) is 7.81. The van der Waals surface area contributed by atoms with Gasteiger partial charge in [-0.15, -0.1) is 11.8 Å². The van der Waals surface area contributed by atoms with Gasteiger partial charge in [0.2, 0.25) is 5.95 Å². The lowest BCUT2D eigenvalue weighted by atomic mass is 10.3. The predicted octanol–water partition coefficient (Wildman–Crippen LogP) is 2.22. The van der Waals surface area contributed by atoms with Gasteiger partial charge < -0.3 is 10.7 Å². The Hall–Kier alpha value is -1.30. The number of rotatable bonds is 5. The number of hydrogen-bond donors (Lipinski definition) is 2. The van der Waals surface area contributed by atoms with E-state index in [0.717, 1.165) is 16.3 Å². The number of aromatic amines is 1. The second-order valence-electron chi connectivity index (χ2n) is 3.54. The molecule has 16 heavy (non-hydrogen) atoms. The Bertz CT molecular complexity index is 467. The maximum absolute atomic E-state index is 5.62. The van der Waals surface area contributed by atoms with Crippen molar-refractivity contribution in [2.24, 2.45) is 0 Å². The summed E-state index contributed by atoms with van der Waals surface area (Å²) in [5, 5.41) is 0.899. The van der Waals surface area contributed by atoms with E-state index in [1.807, 2.05) is 0 Å². The molecule has 0 fully saturated rings.